The van der Waals surface area contributed by atoms with Crippen molar-refractivity contribution in [2.75, 3.05) is 0 Å². The fourth-order valence-corrected chi connectivity index (χ4v) is 1.23. The monoisotopic (exact) mass is 204 g/mol. The topological polar surface area (TPSA) is 112 Å². The SMILES string of the molecule is CC(C)C(C(=O)O)C(C(=O)O)C(=O)O. The standard InChI is InChI=1S/C8H12O6/c1-3(2)4(6(9)10)5(7(11)12)8(13)14/h3-5H,1-2H3,(H,9,10)(H,11,12)(H,13,14). The van der Waals surface area contributed by atoms with Gasteiger partial charge in [0.2, 0.25) is 0 Å². The van der Waals surface area contributed by atoms with E-state index in [0.717, 1.165) is 0 Å². The van der Waals surface area contributed by atoms with Gasteiger partial charge < -0.3 is 15.3 Å². The Bertz CT molecular complexity index is 243. The van der Waals surface area contributed by atoms with Crippen LogP contribution in [-0.4, -0.2) is 33.2 Å². The summed E-state index contributed by atoms with van der Waals surface area (Å²) in [6.45, 7) is 2.94. The van der Waals surface area contributed by atoms with Gasteiger partial charge in [0.15, 0.2) is 5.92 Å². The van der Waals surface area contributed by atoms with Crippen molar-refractivity contribution in [2.24, 2.45) is 17.8 Å². The summed E-state index contributed by atoms with van der Waals surface area (Å²) in [6, 6.07) is 0. The molecule has 0 aliphatic carbocycles. The molecular weight excluding hydrogens is 192 g/mol. The maximum atomic E-state index is 10.7. The Hall–Kier alpha value is -1.59. The smallest absolute Gasteiger partial charge is 0.318 e. The van der Waals surface area contributed by atoms with Crippen LogP contribution < -0.4 is 0 Å². The fraction of sp³-hybridized carbons (Fsp3) is 0.625. The number of hydrogen-bond acceptors (Lipinski definition) is 3. The van der Waals surface area contributed by atoms with Crippen molar-refractivity contribution in [3.63, 3.8) is 0 Å². The van der Waals surface area contributed by atoms with E-state index in [-0.39, 0.29) is 0 Å². The number of carbonyl (C=O) groups is 3. The second-order valence-corrected chi connectivity index (χ2v) is 3.26. The van der Waals surface area contributed by atoms with Gasteiger partial charge in [-0.15, -0.1) is 0 Å². The molecule has 0 radical (unpaired) electrons. The first-order valence-electron chi connectivity index (χ1n) is 3.97. The third-order valence-electron chi connectivity index (χ3n) is 1.89. The largest absolute Gasteiger partial charge is 0.481 e. The minimum Gasteiger partial charge on any atom is -0.481 e. The summed E-state index contributed by atoms with van der Waals surface area (Å²) >= 11 is 0. The van der Waals surface area contributed by atoms with Crippen LogP contribution in [0.4, 0.5) is 0 Å². The Balaban J connectivity index is 5.03. The normalized spacial score (nSPS) is 12.9. The zero-order valence-electron chi connectivity index (χ0n) is 7.80. The van der Waals surface area contributed by atoms with Crippen LogP contribution in [0.1, 0.15) is 13.8 Å². The molecule has 0 aromatic carbocycles. The summed E-state index contributed by atoms with van der Waals surface area (Å²) in [5.74, 6) is -8.52. The zero-order valence-corrected chi connectivity index (χ0v) is 7.80. The van der Waals surface area contributed by atoms with Gasteiger partial charge >= 0.3 is 17.9 Å². The molecule has 0 saturated heterocycles. The van der Waals surface area contributed by atoms with Crippen LogP contribution in [0.3, 0.4) is 0 Å². The predicted octanol–water partition coefficient (Wildman–Crippen LogP) is 0.129. The Morgan fingerprint density at radius 2 is 1.21 bits per heavy atom. The summed E-state index contributed by atoms with van der Waals surface area (Å²) < 4.78 is 0. The van der Waals surface area contributed by atoms with Gasteiger partial charge in [-0.3, -0.25) is 14.4 Å². The van der Waals surface area contributed by atoms with Gasteiger partial charge in [0.1, 0.15) is 0 Å². The van der Waals surface area contributed by atoms with Crippen LogP contribution in [0, 0.1) is 17.8 Å². The van der Waals surface area contributed by atoms with Crippen LogP contribution in [0.5, 0.6) is 0 Å². The molecule has 6 nitrogen and oxygen atoms in total. The maximum absolute atomic E-state index is 10.7. The van der Waals surface area contributed by atoms with Gasteiger partial charge in [-0.25, -0.2) is 0 Å². The third-order valence-corrected chi connectivity index (χ3v) is 1.89. The minimum atomic E-state index is -1.90. The lowest BCUT2D eigenvalue weighted by Gasteiger charge is -2.19. The predicted molar refractivity (Wildman–Crippen MR) is 44.7 cm³/mol. The molecule has 6 heteroatoms. The Labute approximate surface area is 80.2 Å². The van der Waals surface area contributed by atoms with E-state index in [1.54, 1.807) is 0 Å². The molecule has 0 aliphatic rings. The second-order valence-electron chi connectivity index (χ2n) is 3.26. The molecule has 80 valence electrons. The molecule has 3 N–H and O–H groups in total. The zero-order chi connectivity index (χ0) is 11.5. The van der Waals surface area contributed by atoms with Crippen molar-refractivity contribution in [1.82, 2.24) is 0 Å². The average Bonchev–Trinajstić information content (AvgIpc) is 1.96. The van der Waals surface area contributed by atoms with Gasteiger partial charge in [0.05, 0.1) is 5.92 Å². The van der Waals surface area contributed by atoms with E-state index in [2.05, 4.69) is 0 Å². The molecular formula is C8H12O6. The summed E-state index contributed by atoms with van der Waals surface area (Å²) in [5.41, 5.74) is 0. The van der Waals surface area contributed by atoms with E-state index in [1.165, 1.54) is 13.8 Å². The molecule has 0 aromatic heterocycles. The summed E-state index contributed by atoms with van der Waals surface area (Å²) in [7, 11) is 0. The van der Waals surface area contributed by atoms with Crippen LogP contribution in [0.25, 0.3) is 0 Å². The van der Waals surface area contributed by atoms with E-state index in [4.69, 9.17) is 15.3 Å². The lowest BCUT2D eigenvalue weighted by molar-refractivity contribution is -0.165. The lowest BCUT2D eigenvalue weighted by atomic mass is 9.83. The maximum Gasteiger partial charge on any atom is 0.318 e. The van der Waals surface area contributed by atoms with Gasteiger partial charge in [-0.2, -0.15) is 0 Å². The molecule has 0 heterocycles. The third kappa shape index (κ3) is 2.72. The summed E-state index contributed by atoms with van der Waals surface area (Å²) in [4.78, 5) is 31.8. The highest BCUT2D eigenvalue weighted by Gasteiger charge is 2.41. The van der Waals surface area contributed by atoms with Crippen molar-refractivity contribution >= 4 is 17.9 Å². The van der Waals surface area contributed by atoms with Gasteiger partial charge in [0, 0.05) is 0 Å². The first-order chi connectivity index (χ1) is 6.29. The number of rotatable bonds is 5. The fourth-order valence-electron chi connectivity index (χ4n) is 1.23. The average molecular weight is 204 g/mol. The number of carboxylic acids is 3. The Kier molecular flexibility index (Phi) is 4.07. The molecule has 0 bridgehead atoms. The quantitative estimate of drug-likeness (QED) is 0.548. The number of aliphatic carboxylic acids is 3. The summed E-state index contributed by atoms with van der Waals surface area (Å²) in [6.07, 6.45) is 0. The van der Waals surface area contributed by atoms with Gasteiger partial charge in [0.25, 0.3) is 0 Å². The van der Waals surface area contributed by atoms with Crippen LogP contribution >= 0.6 is 0 Å². The van der Waals surface area contributed by atoms with Crippen LogP contribution in [-0.2, 0) is 14.4 Å². The van der Waals surface area contributed by atoms with Gasteiger partial charge in [-0.05, 0) is 5.92 Å². The highest BCUT2D eigenvalue weighted by Crippen LogP contribution is 2.22. The van der Waals surface area contributed by atoms with E-state index >= 15 is 0 Å². The van der Waals surface area contributed by atoms with Crippen LogP contribution in [0.2, 0.25) is 0 Å². The van der Waals surface area contributed by atoms with E-state index < -0.39 is 35.7 Å². The van der Waals surface area contributed by atoms with Crippen LogP contribution in [0.15, 0.2) is 0 Å². The molecule has 0 fully saturated rings. The van der Waals surface area contributed by atoms with E-state index in [0.29, 0.717) is 0 Å². The molecule has 0 rings (SSSR count). The van der Waals surface area contributed by atoms with Crippen molar-refractivity contribution in [3.8, 4) is 0 Å². The molecule has 0 amide bonds. The Morgan fingerprint density at radius 3 is 1.29 bits per heavy atom. The molecule has 1 atom stereocenters. The van der Waals surface area contributed by atoms with Crippen molar-refractivity contribution < 1.29 is 29.7 Å². The molecule has 0 aliphatic heterocycles. The second kappa shape index (κ2) is 4.59. The number of hydrogen-bond donors (Lipinski definition) is 3. The van der Waals surface area contributed by atoms with Crippen molar-refractivity contribution in [3.05, 3.63) is 0 Å². The highest BCUT2D eigenvalue weighted by atomic mass is 16.4. The molecule has 14 heavy (non-hydrogen) atoms. The molecule has 0 saturated carbocycles. The summed E-state index contributed by atoms with van der Waals surface area (Å²) in [5, 5.41) is 25.8. The minimum absolute atomic E-state index is 0.551. The highest BCUT2D eigenvalue weighted by molar-refractivity contribution is 5.97. The Morgan fingerprint density at radius 1 is 0.857 bits per heavy atom. The van der Waals surface area contributed by atoms with Crippen molar-refractivity contribution in [1.29, 1.82) is 0 Å². The lowest BCUT2D eigenvalue weighted by Crippen LogP contribution is -2.38. The molecule has 0 aromatic rings. The van der Waals surface area contributed by atoms with E-state index in [9.17, 15) is 14.4 Å². The molecule has 0 spiro atoms. The van der Waals surface area contributed by atoms with Gasteiger partial charge in [-0.1, -0.05) is 13.8 Å². The molecule has 1 unspecified atom stereocenters. The number of carboxylic acid groups (broad SMARTS) is 3. The first kappa shape index (κ1) is 12.4. The van der Waals surface area contributed by atoms with Crippen molar-refractivity contribution in [2.45, 2.75) is 13.8 Å². The van der Waals surface area contributed by atoms with E-state index in [1.807, 2.05) is 0 Å². The first-order valence-corrected chi connectivity index (χ1v) is 3.97.